The minimum atomic E-state index is -4.44. The van der Waals surface area contributed by atoms with Crippen molar-refractivity contribution >= 4 is 32.4 Å². The number of benzene rings is 1. The highest BCUT2D eigenvalue weighted by Gasteiger charge is 2.30. The van der Waals surface area contributed by atoms with Crippen LogP contribution in [0.2, 0.25) is 12.1 Å². The van der Waals surface area contributed by atoms with E-state index in [9.17, 15) is 18.4 Å². The Morgan fingerprint density at radius 1 is 1.02 bits per heavy atom. The first-order valence-corrected chi connectivity index (χ1v) is 15.2. The lowest BCUT2D eigenvalue weighted by Crippen LogP contribution is -2.36. The molecule has 1 aromatic carbocycles. The van der Waals surface area contributed by atoms with E-state index in [1.165, 1.54) is 19.4 Å². The Morgan fingerprint density at radius 2 is 1.72 bits per heavy atom. The molecule has 0 saturated heterocycles. The highest BCUT2D eigenvalue weighted by Crippen LogP contribution is 2.30. The van der Waals surface area contributed by atoms with E-state index in [-0.39, 0.29) is 12.2 Å². The Balaban J connectivity index is 2.27. The van der Waals surface area contributed by atoms with Gasteiger partial charge in [0.2, 0.25) is 0 Å². The first-order valence-electron chi connectivity index (χ1n) is 15.2. The topological polar surface area (TPSA) is 91.0 Å². The number of likely N-dealkylation sites (N-methyl/N-ethyl adjacent to an activating group) is 1. The Labute approximate surface area is 279 Å². The number of rotatable bonds is 21. The highest BCUT2D eigenvalue weighted by molar-refractivity contribution is 6.47. The van der Waals surface area contributed by atoms with Crippen LogP contribution in [0.5, 0.6) is 0 Å². The van der Waals surface area contributed by atoms with Crippen LogP contribution in [0.4, 0.5) is 18.9 Å². The number of nitrogens with one attached hydrogen (secondary N) is 2. The average molecular weight is 639 g/mol. The molecule has 2 aromatic rings. The Bertz CT molecular complexity index is 1470. The molecule has 0 aliphatic carbocycles. The predicted molar refractivity (Wildman–Crippen MR) is 188 cm³/mol. The quantitative estimate of drug-likeness (QED) is 0.115. The first-order chi connectivity index (χ1) is 22.3. The van der Waals surface area contributed by atoms with Crippen LogP contribution in [0.25, 0.3) is 12.2 Å². The third-order valence-electron chi connectivity index (χ3n) is 7.54. The number of halogens is 3. The third kappa shape index (κ3) is 12.9. The fourth-order valence-electron chi connectivity index (χ4n) is 4.79. The molecular formula is C35H42B2F3N7. The first kappa shape index (κ1) is 38.5. The molecular weight excluding hydrogens is 597 g/mol. The standard InChI is InChI=1S/C35H42B2F3N7/c1-8-29-21-31(22-43-33(29)9-2)44-27(5)34(20-28-11-13-30(14-12-28)35(38,39)40)45-26(4)32(37-24-42)15-10-25(3)47(17-16-36-23-41)19-18-46(6)7/h8-9,11-14,21-22,32,34,44-45H,1-5,10,15-20H2,6-7H3. The van der Waals surface area contributed by atoms with Gasteiger partial charge in [0.15, 0.2) is 0 Å². The number of pyridine rings is 1. The molecule has 0 aliphatic heterocycles. The Hall–Kier alpha value is -4.67. The number of hydrogen-bond acceptors (Lipinski definition) is 7. The van der Waals surface area contributed by atoms with Gasteiger partial charge in [-0.2, -0.15) is 13.2 Å². The van der Waals surface area contributed by atoms with E-state index in [0.717, 1.165) is 36.5 Å². The number of nitrogens with zero attached hydrogens (tertiary/aromatic N) is 5. The summed E-state index contributed by atoms with van der Waals surface area (Å²) in [7, 11) is 7.06. The second-order valence-corrected chi connectivity index (χ2v) is 11.3. The van der Waals surface area contributed by atoms with Gasteiger partial charge in [0.1, 0.15) is 0 Å². The van der Waals surface area contributed by atoms with Crippen molar-refractivity contribution in [2.75, 3.05) is 39.0 Å². The van der Waals surface area contributed by atoms with Crippen LogP contribution in [-0.2, 0) is 12.6 Å². The van der Waals surface area contributed by atoms with Crippen LogP contribution in [-0.4, -0.2) is 69.1 Å². The summed E-state index contributed by atoms with van der Waals surface area (Å²) in [6.45, 7) is 22.6. The smallest absolute Gasteiger partial charge is 0.381 e. The Morgan fingerprint density at radius 3 is 2.30 bits per heavy atom. The summed E-state index contributed by atoms with van der Waals surface area (Å²) >= 11 is 0. The molecule has 2 radical (unpaired) electrons. The lowest BCUT2D eigenvalue weighted by Gasteiger charge is -2.30. The molecule has 7 nitrogen and oxygen atoms in total. The van der Waals surface area contributed by atoms with Crippen LogP contribution in [0.3, 0.4) is 0 Å². The predicted octanol–water partition coefficient (Wildman–Crippen LogP) is 6.76. The number of aromatic nitrogens is 1. The largest absolute Gasteiger partial charge is 0.416 e. The van der Waals surface area contributed by atoms with Crippen molar-refractivity contribution in [3.05, 3.63) is 109 Å². The average Bonchev–Trinajstić information content (AvgIpc) is 3.03. The minimum absolute atomic E-state index is 0.287. The van der Waals surface area contributed by atoms with Crippen LogP contribution in [0.15, 0.2) is 86.5 Å². The fourth-order valence-corrected chi connectivity index (χ4v) is 4.79. The van der Waals surface area contributed by atoms with Crippen LogP contribution < -0.4 is 10.6 Å². The molecule has 2 N–H and O–H groups in total. The normalized spacial score (nSPS) is 12.1. The molecule has 2 unspecified atom stereocenters. The summed E-state index contributed by atoms with van der Waals surface area (Å²) in [5, 5.41) is 25.2. The van der Waals surface area contributed by atoms with Gasteiger partial charge >= 0.3 is 6.18 Å². The molecule has 0 saturated carbocycles. The van der Waals surface area contributed by atoms with Crippen molar-refractivity contribution in [2.24, 2.45) is 0 Å². The minimum Gasteiger partial charge on any atom is -0.381 e. The summed E-state index contributed by atoms with van der Waals surface area (Å²) in [6.07, 6.45) is 2.50. The Kier molecular flexibility index (Phi) is 15.6. The van der Waals surface area contributed by atoms with Crippen molar-refractivity contribution in [1.82, 2.24) is 20.1 Å². The van der Waals surface area contributed by atoms with E-state index in [1.54, 1.807) is 25.6 Å². The van der Waals surface area contributed by atoms with Gasteiger partial charge in [-0.25, -0.2) is 10.5 Å². The van der Waals surface area contributed by atoms with Crippen LogP contribution >= 0.6 is 0 Å². The zero-order valence-corrected chi connectivity index (χ0v) is 27.3. The second kappa shape index (κ2) is 19.1. The summed E-state index contributed by atoms with van der Waals surface area (Å²) in [5.74, 6) is 3.83. The molecule has 12 heteroatoms. The third-order valence-corrected chi connectivity index (χ3v) is 7.54. The van der Waals surface area contributed by atoms with E-state index in [1.807, 2.05) is 20.2 Å². The van der Waals surface area contributed by atoms with Crippen LogP contribution in [0, 0.1) is 22.5 Å². The number of hydrogen-bond donors (Lipinski definition) is 2. The van der Waals surface area contributed by atoms with E-state index in [2.05, 4.69) is 70.2 Å². The monoisotopic (exact) mass is 639 g/mol. The highest BCUT2D eigenvalue weighted by atomic mass is 19.4. The number of nitriles is 2. The molecule has 0 aliphatic rings. The number of anilines is 1. The van der Waals surface area contributed by atoms with E-state index < -0.39 is 17.8 Å². The maximum Gasteiger partial charge on any atom is 0.416 e. The molecule has 1 aromatic heterocycles. The molecule has 1 heterocycles. The van der Waals surface area contributed by atoms with Gasteiger partial charge in [0.05, 0.1) is 29.2 Å². The second-order valence-electron chi connectivity index (χ2n) is 11.3. The fraction of sp³-hybridized carbons (Fsp3) is 0.343. The molecule has 2 atom stereocenters. The molecule has 47 heavy (non-hydrogen) atoms. The number of alkyl halides is 3. The number of allylic oxidation sites excluding steroid dienone is 2. The lowest BCUT2D eigenvalue weighted by molar-refractivity contribution is -0.137. The van der Waals surface area contributed by atoms with Crippen molar-refractivity contribution in [3.63, 3.8) is 0 Å². The molecule has 0 spiro atoms. The zero-order valence-electron chi connectivity index (χ0n) is 27.3. The van der Waals surface area contributed by atoms with Crippen LogP contribution in [0.1, 0.15) is 35.2 Å². The summed E-state index contributed by atoms with van der Waals surface area (Å²) in [5.41, 5.74) is 3.98. The zero-order chi connectivity index (χ0) is 35.0. The van der Waals surface area contributed by atoms with Crippen molar-refractivity contribution in [3.8, 4) is 11.9 Å². The van der Waals surface area contributed by atoms with E-state index in [4.69, 9.17) is 5.26 Å². The SMILES string of the molecule is C=Cc1cc(NC(=C)C(Cc2ccc(C(F)(F)F)cc2)NC(=C)C([B]C#N)CCC(=C)N(CC[B]C#N)CCN(C)C)cnc1C=C. The van der Waals surface area contributed by atoms with Crippen molar-refractivity contribution in [1.29, 1.82) is 10.5 Å². The van der Waals surface area contributed by atoms with Gasteiger partial charge in [-0.05, 0) is 87.3 Å². The van der Waals surface area contributed by atoms with E-state index >= 15 is 0 Å². The van der Waals surface area contributed by atoms with Crippen molar-refractivity contribution < 1.29 is 13.2 Å². The molecule has 0 fully saturated rings. The maximum absolute atomic E-state index is 13.2. The van der Waals surface area contributed by atoms with Gasteiger partial charge < -0.3 is 20.4 Å². The van der Waals surface area contributed by atoms with E-state index in [0.29, 0.717) is 54.0 Å². The lowest BCUT2D eigenvalue weighted by atomic mass is 9.62. The summed E-state index contributed by atoms with van der Waals surface area (Å²) in [6, 6.07) is 6.33. The molecule has 244 valence electrons. The molecule has 0 amide bonds. The van der Waals surface area contributed by atoms with Crippen molar-refractivity contribution in [2.45, 2.75) is 43.6 Å². The molecule has 2 rings (SSSR count). The van der Waals surface area contributed by atoms with Gasteiger partial charge in [0.25, 0.3) is 14.6 Å². The van der Waals surface area contributed by atoms with Gasteiger partial charge in [-0.1, -0.05) is 51.1 Å². The van der Waals surface area contributed by atoms with Gasteiger partial charge in [-0.3, -0.25) is 4.98 Å². The summed E-state index contributed by atoms with van der Waals surface area (Å²) < 4.78 is 39.6. The summed E-state index contributed by atoms with van der Waals surface area (Å²) in [4.78, 5) is 8.62. The molecule has 0 bridgehead atoms. The van der Waals surface area contributed by atoms with Gasteiger partial charge in [0, 0.05) is 42.3 Å². The van der Waals surface area contributed by atoms with Gasteiger partial charge in [-0.15, -0.1) is 0 Å². The maximum atomic E-state index is 13.2.